The number of nitrogens with one attached hydrogen (secondary N) is 1. The van der Waals surface area contributed by atoms with E-state index >= 15 is 0 Å². The molecule has 1 saturated carbocycles. The topological polar surface area (TPSA) is 186 Å². The number of nitrogens with zero attached hydrogens (tertiary/aromatic N) is 2. The van der Waals surface area contributed by atoms with E-state index in [0.717, 1.165) is 0 Å². The number of pyridine rings is 1. The number of likely N-dealkylation sites (N-methyl/N-ethyl adjacent to an activating group) is 1. The van der Waals surface area contributed by atoms with Crippen LogP contribution in [0.15, 0.2) is 16.9 Å². The number of ketones is 2. The summed E-state index contributed by atoms with van der Waals surface area (Å²) in [6.45, 7) is -1.59. The van der Waals surface area contributed by atoms with Crippen LogP contribution < -0.4 is 11.1 Å². The molecule has 4 atom stereocenters. The molecule has 1 aromatic rings. The molecule has 11 nitrogen and oxygen atoms in total. The molecule has 0 aromatic carbocycles. The van der Waals surface area contributed by atoms with E-state index < -0.39 is 93.5 Å². The molecule has 4 rings (SSSR count). The second kappa shape index (κ2) is 8.60. The third-order valence-electron chi connectivity index (χ3n) is 6.99. The second-order valence-electron chi connectivity index (χ2n) is 9.38. The Hall–Kier alpha value is -3.36. The Morgan fingerprint density at radius 1 is 1.27 bits per heavy atom. The highest BCUT2D eigenvalue weighted by Crippen LogP contribution is 2.53. The van der Waals surface area contributed by atoms with Gasteiger partial charge >= 0.3 is 6.18 Å². The third kappa shape index (κ3) is 3.90. The van der Waals surface area contributed by atoms with Gasteiger partial charge in [-0.25, -0.2) is 4.98 Å². The Labute approximate surface area is 212 Å². The van der Waals surface area contributed by atoms with Crippen LogP contribution in [-0.2, 0) is 20.8 Å². The number of carbonyl (C=O) groups is 3. The normalized spacial score (nSPS) is 27.7. The monoisotopic (exact) mass is 546 g/mol. The third-order valence-corrected chi connectivity index (χ3v) is 7.30. The van der Waals surface area contributed by atoms with Gasteiger partial charge in [0, 0.05) is 17.1 Å². The maximum absolute atomic E-state index is 13.7. The van der Waals surface area contributed by atoms with Gasteiger partial charge in [0.05, 0.1) is 11.6 Å². The number of nitrogens with two attached hydrogens (primary N) is 1. The summed E-state index contributed by atoms with van der Waals surface area (Å²) < 4.78 is 38.0. The Balaban J connectivity index is 1.91. The van der Waals surface area contributed by atoms with E-state index in [1.54, 1.807) is 0 Å². The van der Waals surface area contributed by atoms with Crippen LogP contribution in [0.25, 0.3) is 5.76 Å². The van der Waals surface area contributed by atoms with Gasteiger partial charge in [0.15, 0.2) is 23.0 Å². The molecule has 1 aromatic heterocycles. The number of fused-ring (bicyclic) bond motifs is 3. The standard InChI is InChI=1S/C22H22ClF3N4O7/c1-30(2)12-8-4-6-3-7-10(15(33)20(29-18(7)23)28-5-21(24,25)26)13(31)9(6)16(34)22(8,37)17(35)11(14(12)32)19(27)36/h6,8,12,31,33,35,37H,3-5H2,1-2H3,(H2,27,36)(H,28,29)/t6-,8-,12-,22-/m0/s1. The van der Waals surface area contributed by atoms with Crippen LogP contribution in [-0.4, -0.2) is 86.2 Å². The summed E-state index contributed by atoms with van der Waals surface area (Å²) >= 11 is 6.17. The first-order chi connectivity index (χ1) is 17.0. The molecule has 1 heterocycles. The molecule has 37 heavy (non-hydrogen) atoms. The number of aliphatic hydroxyl groups excluding tert-OH is 2. The molecule has 1 amide bonds. The number of amides is 1. The van der Waals surface area contributed by atoms with Crippen molar-refractivity contribution >= 4 is 40.7 Å². The van der Waals surface area contributed by atoms with Gasteiger partial charge < -0.3 is 31.5 Å². The molecule has 200 valence electrons. The maximum atomic E-state index is 13.7. The van der Waals surface area contributed by atoms with E-state index in [1.807, 2.05) is 5.32 Å². The average molecular weight is 547 g/mol. The molecule has 0 saturated heterocycles. The molecule has 7 N–H and O–H groups in total. The van der Waals surface area contributed by atoms with Gasteiger partial charge in [-0.3, -0.25) is 19.3 Å². The van der Waals surface area contributed by atoms with E-state index in [4.69, 9.17) is 17.3 Å². The van der Waals surface area contributed by atoms with E-state index in [2.05, 4.69) is 4.98 Å². The molecule has 0 bridgehead atoms. The van der Waals surface area contributed by atoms with Crippen molar-refractivity contribution in [3.63, 3.8) is 0 Å². The van der Waals surface area contributed by atoms with Crippen molar-refractivity contribution < 1.29 is 48.0 Å². The van der Waals surface area contributed by atoms with Crippen molar-refractivity contribution in [3.8, 4) is 5.75 Å². The van der Waals surface area contributed by atoms with Gasteiger partial charge in [0.25, 0.3) is 5.91 Å². The predicted molar refractivity (Wildman–Crippen MR) is 122 cm³/mol. The number of hydrogen-bond donors (Lipinski definition) is 6. The molecule has 0 spiro atoms. The van der Waals surface area contributed by atoms with Crippen molar-refractivity contribution in [3.05, 3.63) is 33.2 Å². The average Bonchev–Trinajstić information content (AvgIpc) is 2.76. The number of hydrogen-bond acceptors (Lipinski definition) is 10. The zero-order valence-corrected chi connectivity index (χ0v) is 20.1. The Bertz CT molecular complexity index is 1310. The number of primary amides is 1. The number of alkyl halides is 3. The first-order valence-corrected chi connectivity index (χ1v) is 11.3. The predicted octanol–water partition coefficient (Wildman–Crippen LogP) is 0.987. The van der Waals surface area contributed by atoms with Crippen LogP contribution in [0, 0.1) is 11.8 Å². The summed E-state index contributed by atoms with van der Waals surface area (Å²) in [5.41, 5.74) is 0.540. The van der Waals surface area contributed by atoms with Gasteiger partial charge in [-0.2, -0.15) is 13.2 Å². The number of aromatic hydroxyl groups is 1. The lowest BCUT2D eigenvalue weighted by Gasteiger charge is -2.50. The number of Topliss-reactive ketones (excluding diaryl/α,β-unsaturated/α-hetero) is 2. The number of halogens is 4. The lowest BCUT2D eigenvalue weighted by atomic mass is 9.57. The van der Waals surface area contributed by atoms with Gasteiger partial charge in [-0.15, -0.1) is 0 Å². The fraction of sp³-hybridized carbons (Fsp3) is 0.455. The molecule has 0 radical (unpaired) electrons. The number of carbonyl (C=O) groups excluding carboxylic acids is 3. The van der Waals surface area contributed by atoms with Crippen molar-refractivity contribution in [2.24, 2.45) is 17.6 Å². The Morgan fingerprint density at radius 2 is 1.89 bits per heavy atom. The van der Waals surface area contributed by atoms with Crippen molar-refractivity contribution in [2.45, 2.75) is 30.7 Å². The molecule has 1 fully saturated rings. The SMILES string of the molecule is CN(C)[C@@H]1C(=O)C(C(N)=O)=C(O)[C@@]2(O)C(=O)C3=C(O)c4c(O)c(NCC(F)(F)F)nc(Cl)c4C[C@H]3C[C@@H]12. The molecule has 0 unspecified atom stereocenters. The summed E-state index contributed by atoms with van der Waals surface area (Å²) in [6, 6.07) is -1.26. The number of aliphatic hydroxyl groups is 3. The zero-order valence-electron chi connectivity index (χ0n) is 19.4. The Morgan fingerprint density at radius 3 is 2.43 bits per heavy atom. The highest BCUT2D eigenvalue weighted by molar-refractivity contribution is 6.31. The van der Waals surface area contributed by atoms with Crippen LogP contribution in [0.3, 0.4) is 0 Å². The largest absolute Gasteiger partial charge is 0.508 e. The van der Waals surface area contributed by atoms with Crippen LogP contribution >= 0.6 is 11.6 Å². The number of anilines is 1. The summed E-state index contributed by atoms with van der Waals surface area (Å²) in [6.07, 6.45) is -4.99. The van der Waals surface area contributed by atoms with Crippen LogP contribution in [0.1, 0.15) is 17.5 Å². The zero-order chi connectivity index (χ0) is 27.8. The second-order valence-corrected chi connectivity index (χ2v) is 9.74. The molecular weight excluding hydrogens is 525 g/mol. The molecule has 0 aliphatic heterocycles. The van der Waals surface area contributed by atoms with E-state index in [1.165, 1.54) is 19.0 Å². The molecular formula is C22H22ClF3N4O7. The smallest absolute Gasteiger partial charge is 0.405 e. The fourth-order valence-corrected chi connectivity index (χ4v) is 5.72. The quantitative estimate of drug-likeness (QED) is 0.235. The maximum Gasteiger partial charge on any atom is 0.405 e. The molecule has 3 aliphatic rings. The lowest BCUT2D eigenvalue weighted by molar-refractivity contribution is -0.153. The van der Waals surface area contributed by atoms with Crippen molar-refractivity contribution in [2.75, 3.05) is 26.0 Å². The number of aromatic nitrogens is 1. The highest BCUT2D eigenvalue weighted by Gasteiger charge is 2.64. The van der Waals surface area contributed by atoms with Gasteiger partial charge in [-0.05, 0) is 32.9 Å². The minimum Gasteiger partial charge on any atom is -0.508 e. The van der Waals surface area contributed by atoms with E-state index in [-0.39, 0.29) is 23.6 Å². The van der Waals surface area contributed by atoms with Gasteiger partial charge in [-0.1, -0.05) is 11.6 Å². The van der Waals surface area contributed by atoms with Crippen LogP contribution in [0.5, 0.6) is 5.75 Å². The van der Waals surface area contributed by atoms with Crippen molar-refractivity contribution in [1.82, 2.24) is 9.88 Å². The van der Waals surface area contributed by atoms with Crippen LogP contribution in [0.2, 0.25) is 5.15 Å². The Kier molecular flexibility index (Phi) is 6.20. The first kappa shape index (κ1) is 26.7. The van der Waals surface area contributed by atoms with E-state index in [9.17, 15) is 48.0 Å². The summed E-state index contributed by atoms with van der Waals surface area (Å²) in [5, 5.41) is 45.5. The lowest BCUT2D eigenvalue weighted by Crippen LogP contribution is -2.65. The van der Waals surface area contributed by atoms with Gasteiger partial charge in [0.1, 0.15) is 28.8 Å². The fourth-order valence-electron chi connectivity index (χ4n) is 5.46. The van der Waals surface area contributed by atoms with Gasteiger partial charge in [0.2, 0.25) is 5.78 Å². The highest BCUT2D eigenvalue weighted by atomic mass is 35.5. The summed E-state index contributed by atoms with van der Waals surface area (Å²) in [7, 11) is 2.92. The number of rotatable bonds is 4. The summed E-state index contributed by atoms with van der Waals surface area (Å²) in [5.74, 6) is -9.48. The van der Waals surface area contributed by atoms with Crippen LogP contribution in [0.4, 0.5) is 19.0 Å². The summed E-state index contributed by atoms with van der Waals surface area (Å²) in [4.78, 5) is 43.8. The minimum atomic E-state index is -4.68. The van der Waals surface area contributed by atoms with E-state index in [0.29, 0.717) is 0 Å². The minimum absolute atomic E-state index is 0.0299. The molecule has 3 aliphatic carbocycles. The van der Waals surface area contributed by atoms with Crippen molar-refractivity contribution in [1.29, 1.82) is 0 Å². The molecule has 15 heteroatoms. The first-order valence-electron chi connectivity index (χ1n) is 10.9.